The second kappa shape index (κ2) is 6.49. The Morgan fingerprint density at radius 2 is 2.26 bits per heavy atom. The maximum Gasteiger partial charge on any atom is 0.305 e. The van der Waals surface area contributed by atoms with Gasteiger partial charge in [0.05, 0.1) is 16.8 Å². The first kappa shape index (κ1) is 15.7. The third-order valence-electron chi connectivity index (χ3n) is 3.98. The van der Waals surface area contributed by atoms with Crippen molar-refractivity contribution >= 4 is 23.2 Å². The van der Waals surface area contributed by atoms with Gasteiger partial charge in [-0.1, -0.05) is 11.2 Å². The first-order chi connectivity index (χ1) is 11.1. The normalized spacial score (nSPS) is 15.8. The Balaban J connectivity index is 1.52. The van der Waals surface area contributed by atoms with Crippen molar-refractivity contribution in [2.24, 2.45) is 0 Å². The topological polar surface area (TPSA) is 105 Å². The van der Waals surface area contributed by atoms with Gasteiger partial charge >= 0.3 is 5.97 Å². The molecule has 1 amide bonds. The van der Waals surface area contributed by atoms with E-state index in [-0.39, 0.29) is 18.7 Å². The van der Waals surface area contributed by atoms with E-state index < -0.39 is 11.5 Å². The zero-order chi connectivity index (χ0) is 16.3. The molecule has 2 aromatic rings. The van der Waals surface area contributed by atoms with Crippen LogP contribution in [0, 0.1) is 0 Å². The van der Waals surface area contributed by atoms with Gasteiger partial charge in [0.25, 0.3) is 0 Å². The molecule has 1 fully saturated rings. The third-order valence-corrected chi connectivity index (χ3v) is 4.85. The minimum absolute atomic E-state index is 0.0260. The van der Waals surface area contributed by atoms with Crippen LogP contribution in [0.5, 0.6) is 0 Å². The van der Waals surface area contributed by atoms with Gasteiger partial charge in [0.15, 0.2) is 0 Å². The number of nitrogens with zero attached hydrogens (tertiary/aromatic N) is 2. The first-order valence-electron chi connectivity index (χ1n) is 7.46. The molecular formula is C15H17N3O4S. The van der Waals surface area contributed by atoms with Crippen LogP contribution in [0.3, 0.4) is 0 Å². The number of rotatable bonds is 7. The lowest BCUT2D eigenvalue weighted by atomic mass is 9.74. The minimum Gasteiger partial charge on any atom is -0.481 e. The van der Waals surface area contributed by atoms with Crippen LogP contribution in [0.25, 0.3) is 10.7 Å². The van der Waals surface area contributed by atoms with E-state index in [1.165, 1.54) is 11.3 Å². The summed E-state index contributed by atoms with van der Waals surface area (Å²) in [5.41, 5.74) is -0.570. The number of carboxylic acid groups (broad SMARTS) is 1. The predicted molar refractivity (Wildman–Crippen MR) is 82.9 cm³/mol. The molecule has 0 saturated heterocycles. The van der Waals surface area contributed by atoms with Crippen LogP contribution in [0.4, 0.5) is 0 Å². The number of carbonyl (C=O) groups is 2. The molecule has 0 aromatic carbocycles. The predicted octanol–water partition coefficient (Wildman–Crippen LogP) is 2.24. The molecular weight excluding hydrogens is 318 g/mol. The van der Waals surface area contributed by atoms with E-state index in [9.17, 15) is 9.59 Å². The summed E-state index contributed by atoms with van der Waals surface area (Å²) in [6.45, 7) is 0. The molecule has 3 rings (SSSR count). The number of aryl methyl sites for hydroxylation is 1. The minimum atomic E-state index is -0.887. The fourth-order valence-electron chi connectivity index (χ4n) is 2.68. The zero-order valence-electron chi connectivity index (χ0n) is 12.4. The van der Waals surface area contributed by atoms with Crippen molar-refractivity contribution in [3.8, 4) is 10.7 Å². The van der Waals surface area contributed by atoms with Gasteiger partial charge in [-0.25, -0.2) is 0 Å². The van der Waals surface area contributed by atoms with Crippen molar-refractivity contribution in [2.45, 2.75) is 44.1 Å². The van der Waals surface area contributed by atoms with Gasteiger partial charge in [0, 0.05) is 12.8 Å². The van der Waals surface area contributed by atoms with Gasteiger partial charge < -0.3 is 14.9 Å². The molecule has 0 bridgehead atoms. The van der Waals surface area contributed by atoms with Crippen LogP contribution in [0.2, 0.25) is 0 Å². The number of hydrogen-bond acceptors (Lipinski definition) is 6. The van der Waals surface area contributed by atoms with Crippen molar-refractivity contribution in [1.82, 2.24) is 15.5 Å². The van der Waals surface area contributed by atoms with E-state index in [0.717, 1.165) is 11.3 Å². The summed E-state index contributed by atoms with van der Waals surface area (Å²) in [5.74, 6) is -0.134. The van der Waals surface area contributed by atoms with Gasteiger partial charge in [-0.15, -0.1) is 11.3 Å². The fourth-order valence-corrected chi connectivity index (χ4v) is 3.33. The molecule has 1 aliphatic carbocycles. The number of hydrogen-bond donors (Lipinski definition) is 2. The molecule has 7 nitrogen and oxygen atoms in total. The summed E-state index contributed by atoms with van der Waals surface area (Å²) in [4.78, 5) is 28.1. The third kappa shape index (κ3) is 3.76. The lowest BCUT2D eigenvalue weighted by molar-refractivity contribution is -0.140. The standard InChI is InChI=1S/C15H17N3O4S/c19-11(17-15(6-2-7-15)9-13(20)21)4-5-12-16-14(18-22-12)10-3-1-8-23-10/h1,3,8H,2,4-7,9H2,(H,17,19)(H,20,21). The Morgan fingerprint density at radius 1 is 1.43 bits per heavy atom. The molecule has 1 aliphatic rings. The molecule has 23 heavy (non-hydrogen) atoms. The average Bonchev–Trinajstić information content (AvgIpc) is 3.13. The maximum absolute atomic E-state index is 12.0. The number of amides is 1. The molecule has 0 atom stereocenters. The van der Waals surface area contributed by atoms with Gasteiger partial charge in [-0.3, -0.25) is 9.59 Å². The van der Waals surface area contributed by atoms with Crippen molar-refractivity contribution in [2.75, 3.05) is 0 Å². The number of carboxylic acids is 1. The smallest absolute Gasteiger partial charge is 0.305 e. The lowest BCUT2D eigenvalue weighted by Gasteiger charge is -2.41. The van der Waals surface area contributed by atoms with E-state index in [0.29, 0.717) is 31.0 Å². The Bertz CT molecular complexity index is 691. The van der Waals surface area contributed by atoms with E-state index in [1.807, 2.05) is 17.5 Å². The molecule has 2 aromatic heterocycles. The van der Waals surface area contributed by atoms with Crippen LogP contribution < -0.4 is 5.32 Å². The number of nitrogens with one attached hydrogen (secondary N) is 1. The highest BCUT2D eigenvalue weighted by Gasteiger charge is 2.40. The summed E-state index contributed by atoms with van der Waals surface area (Å²) in [5, 5.41) is 17.6. The van der Waals surface area contributed by atoms with Gasteiger partial charge in [0.2, 0.25) is 17.6 Å². The van der Waals surface area contributed by atoms with E-state index >= 15 is 0 Å². The highest BCUT2D eigenvalue weighted by molar-refractivity contribution is 7.13. The summed E-state index contributed by atoms with van der Waals surface area (Å²) in [6.07, 6.45) is 2.90. The summed E-state index contributed by atoms with van der Waals surface area (Å²) < 4.78 is 5.15. The highest BCUT2D eigenvalue weighted by Crippen LogP contribution is 2.35. The SMILES string of the molecule is O=C(O)CC1(NC(=O)CCc2nc(-c3cccs3)no2)CCC1. The van der Waals surface area contributed by atoms with E-state index in [1.54, 1.807) is 0 Å². The molecule has 0 unspecified atom stereocenters. The quantitative estimate of drug-likeness (QED) is 0.804. The monoisotopic (exact) mass is 335 g/mol. The Kier molecular flexibility index (Phi) is 4.42. The van der Waals surface area contributed by atoms with Crippen LogP contribution in [-0.2, 0) is 16.0 Å². The first-order valence-corrected chi connectivity index (χ1v) is 8.34. The second-order valence-electron chi connectivity index (χ2n) is 5.74. The lowest BCUT2D eigenvalue weighted by Crippen LogP contribution is -2.54. The van der Waals surface area contributed by atoms with Crippen LogP contribution in [0.1, 0.15) is 38.0 Å². The molecule has 0 radical (unpaired) electrons. The van der Waals surface area contributed by atoms with Crippen molar-refractivity contribution in [1.29, 1.82) is 0 Å². The number of carbonyl (C=O) groups excluding carboxylic acids is 1. The summed E-state index contributed by atoms with van der Waals surface area (Å²) in [7, 11) is 0. The van der Waals surface area contributed by atoms with Gasteiger partial charge in [0.1, 0.15) is 0 Å². The molecule has 1 saturated carbocycles. The van der Waals surface area contributed by atoms with Crippen molar-refractivity contribution in [3.05, 3.63) is 23.4 Å². The average molecular weight is 335 g/mol. The molecule has 8 heteroatoms. The van der Waals surface area contributed by atoms with E-state index in [2.05, 4.69) is 15.5 Å². The summed E-state index contributed by atoms with van der Waals surface area (Å²) in [6, 6.07) is 3.81. The number of aromatic nitrogens is 2. The van der Waals surface area contributed by atoms with Gasteiger partial charge in [-0.05, 0) is 30.7 Å². The Labute approximate surface area is 136 Å². The van der Waals surface area contributed by atoms with Crippen molar-refractivity contribution < 1.29 is 19.2 Å². The number of aliphatic carboxylic acids is 1. The van der Waals surface area contributed by atoms with Crippen LogP contribution in [0.15, 0.2) is 22.0 Å². The van der Waals surface area contributed by atoms with E-state index in [4.69, 9.17) is 9.63 Å². The van der Waals surface area contributed by atoms with Gasteiger partial charge in [-0.2, -0.15) is 4.98 Å². The fraction of sp³-hybridized carbons (Fsp3) is 0.467. The van der Waals surface area contributed by atoms with Crippen LogP contribution in [-0.4, -0.2) is 32.7 Å². The molecule has 2 heterocycles. The summed E-state index contributed by atoms with van der Waals surface area (Å²) >= 11 is 1.52. The van der Waals surface area contributed by atoms with Crippen molar-refractivity contribution in [3.63, 3.8) is 0 Å². The highest BCUT2D eigenvalue weighted by atomic mass is 32.1. The molecule has 0 spiro atoms. The maximum atomic E-state index is 12.0. The molecule has 2 N–H and O–H groups in total. The largest absolute Gasteiger partial charge is 0.481 e. The Morgan fingerprint density at radius 3 is 2.87 bits per heavy atom. The zero-order valence-corrected chi connectivity index (χ0v) is 13.3. The Hall–Kier alpha value is -2.22. The number of thiophene rings is 1. The molecule has 122 valence electrons. The molecule has 0 aliphatic heterocycles. The van der Waals surface area contributed by atoms with Crippen LogP contribution >= 0.6 is 11.3 Å². The second-order valence-corrected chi connectivity index (χ2v) is 6.69.